The van der Waals surface area contributed by atoms with Crippen LogP contribution < -0.4 is 10.2 Å². The summed E-state index contributed by atoms with van der Waals surface area (Å²) in [7, 11) is 0. The summed E-state index contributed by atoms with van der Waals surface area (Å²) in [6.45, 7) is 2.13. The van der Waals surface area contributed by atoms with Crippen LogP contribution in [0.2, 0.25) is 0 Å². The minimum Gasteiger partial charge on any atom is -0.441 e. The third-order valence-electron chi connectivity index (χ3n) is 4.38. The van der Waals surface area contributed by atoms with Crippen LogP contribution in [0.15, 0.2) is 51.4 Å². The monoisotopic (exact) mass is 413 g/mol. The quantitative estimate of drug-likeness (QED) is 0.706. The van der Waals surface area contributed by atoms with E-state index < -0.39 is 5.92 Å². The molecule has 1 aliphatic rings. The van der Waals surface area contributed by atoms with E-state index in [9.17, 15) is 9.59 Å². The molecule has 1 saturated heterocycles. The molecule has 2 aromatic carbocycles. The van der Waals surface area contributed by atoms with Crippen molar-refractivity contribution in [3.05, 3.63) is 52.8 Å². The van der Waals surface area contributed by atoms with Gasteiger partial charge >= 0.3 is 0 Å². The van der Waals surface area contributed by atoms with Crippen molar-refractivity contribution in [2.75, 3.05) is 16.8 Å². The minimum absolute atomic E-state index is 0.0704. The predicted octanol–water partition coefficient (Wildman–Crippen LogP) is 3.89. The number of rotatable bonds is 3. The number of aromatic nitrogens is 1. The number of anilines is 2. The number of fused-ring (bicyclic) bond motifs is 1. The standard InChI is InChI=1S/C19H16BrN3O3/c1-11-21-16-9-15(5-6-17(16)26-11)23-10-12(7-18(23)24)19(25)22-14-4-2-3-13(20)8-14/h2-6,8-9,12H,7,10H2,1H3,(H,22,25)/t12-/m0/s1. The van der Waals surface area contributed by atoms with Crippen molar-refractivity contribution in [3.8, 4) is 0 Å². The highest BCUT2D eigenvalue weighted by atomic mass is 79.9. The number of hydrogen-bond donors (Lipinski definition) is 1. The van der Waals surface area contributed by atoms with Gasteiger partial charge in [-0.05, 0) is 36.4 Å². The van der Waals surface area contributed by atoms with Crippen LogP contribution in [-0.2, 0) is 9.59 Å². The Bertz CT molecular complexity index is 1010. The number of nitrogens with zero attached hydrogens (tertiary/aromatic N) is 2. The van der Waals surface area contributed by atoms with Crippen molar-refractivity contribution >= 4 is 50.2 Å². The van der Waals surface area contributed by atoms with E-state index in [-0.39, 0.29) is 18.2 Å². The highest BCUT2D eigenvalue weighted by Gasteiger charge is 2.35. The number of halogens is 1. The summed E-state index contributed by atoms with van der Waals surface area (Å²) in [5.41, 5.74) is 2.82. The zero-order chi connectivity index (χ0) is 18.3. The Balaban J connectivity index is 1.51. The first kappa shape index (κ1) is 16.8. The van der Waals surface area contributed by atoms with Gasteiger partial charge in [-0.2, -0.15) is 0 Å². The first-order valence-electron chi connectivity index (χ1n) is 8.23. The second-order valence-electron chi connectivity index (χ2n) is 6.29. The Kier molecular flexibility index (Phi) is 4.24. The Hall–Kier alpha value is -2.67. The van der Waals surface area contributed by atoms with E-state index in [1.165, 1.54) is 0 Å². The fraction of sp³-hybridized carbons (Fsp3) is 0.211. The van der Waals surface area contributed by atoms with Crippen LogP contribution in [0.25, 0.3) is 11.1 Å². The summed E-state index contributed by atoms with van der Waals surface area (Å²) in [5, 5.41) is 2.88. The van der Waals surface area contributed by atoms with Crippen LogP contribution >= 0.6 is 15.9 Å². The van der Waals surface area contributed by atoms with E-state index in [1.807, 2.05) is 36.4 Å². The summed E-state index contributed by atoms with van der Waals surface area (Å²) in [6.07, 6.45) is 0.190. The molecule has 3 aromatic rings. The van der Waals surface area contributed by atoms with Gasteiger partial charge in [-0.15, -0.1) is 0 Å². The van der Waals surface area contributed by atoms with Gasteiger partial charge in [0.25, 0.3) is 0 Å². The van der Waals surface area contributed by atoms with Gasteiger partial charge in [-0.1, -0.05) is 22.0 Å². The zero-order valence-corrected chi connectivity index (χ0v) is 15.6. The number of oxazole rings is 1. The molecule has 0 bridgehead atoms. The normalized spacial score (nSPS) is 17.1. The number of hydrogen-bond acceptors (Lipinski definition) is 4. The molecule has 1 aromatic heterocycles. The molecule has 2 heterocycles. The molecule has 0 unspecified atom stereocenters. The molecule has 1 fully saturated rings. The molecule has 26 heavy (non-hydrogen) atoms. The van der Waals surface area contributed by atoms with E-state index in [4.69, 9.17) is 4.42 Å². The number of benzene rings is 2. The van der Waals surface area contributed by atoms with Gasteiger partial charge in [0.1, 0.15) is 5.52 Å². The van der Waals surface area contributed by atoms with Crippen molar-refractivity contribution in [1.29, 1.82) is 0 Å². The topological polar surface area (TPSA) is 75.4 Å². The third-order valence-corrected chi connectivity index (χ3v) is 4.87. The van der Waals surface area contributed by atoms with Crippen LogP contribution in [0, 0.1) is 12.8 Å². The zero-order valence-electron chi connectivity index (χ0n) is 14.0. The molecule has 0 aliphatic carbocycles. The van der Waals surface area contributed by atoms with Crippen LogP contribution in [-0.4, -0.2) is 23.3 Å². The second kappa shape index (κ2) is 6.57. The second-order valence-corrected chi connectivity index (χ2v) is 7.21. The van der Waals surface area contributed by atoms with Crippen molar-refractivity contribution in [2.24, 2.45) is 5.92 Å². The van der Waals surface area contributed by atoms with Crippen molar-refractivity contribution < 1.29 is 14.0 Å². The molecule has 7 heteroatoms. The molecule has 1 aliphatic heterocycles. The Labute approximate surface area is 158 Å². The molecule has 1 N–H and O–H groups in total. The van der Waals surface area contributed by atoms with E-state index in [1.54, 1.807) is 17.9 Å². The van der Waals surface area contributed by atoms with Gasteiger partial charge < -0.3 is 14.6 Å². The van der Waals surface area contributed by atoms with E-state index in [0.717, 1.165) is 10.2 Å². The van der Waals surface area contributed by atoms with Crippen molar-refractivity contribution in [1.82, 2.24) is 4.98 Å². The molecule has 132 valence electrons. The Morgan fingerprint density at radius 3 is 2.96 bits per heavy atom. The van der Waals surface area contributed by atoms with E-state index in [2.05, 4.69) is 26.2 Å². The first-order valence-corrected chi connectivity index (χ1v) is 9.03. The summed E-state index contributed by atoms with van der Waals surface area (Å²) in [5.74, 6) is -0.0383. The number of carbonyl (C=O) groups excluding carboxylic acids is 2. The summed E-state index contributed by atoms with van der Waals surface area (Å²) >= 11 is 3.38. The fourth-order valence-corrected chi connectivity index (χ4v) is 3.54. The lowest BCUT2D eigenvalue weighted by atomic mass is 10.1. The van der Waals surface area contributed by atoms with Crippen molar-refractivity contribution in [2.45, 2.75) is 13.3 Å². The number of aryl methyl sites for hydroxylation is 1. The molecule has 0 saturated carbocycles. The van der Waals surface area contributed by atoms with Gasteiger partial charge in [0, 0.05) is 35.7 Å². The van der Waals surface area contributed by atoms with Crippen LogP contribution in [0.1, 0.15) is 12.3 Å². The van der Waals surface area contributed by atoms with Crippen LogP contribution in [0.4, 0.5) is 11.4 Å². The fourth-order valence-electron chi connectivity index (χ4n) is 3.14. The molecule has 4 rings (SSSR count). The maximum atomic E-state index is 12.5. The Morgan fingerprint density at radius 1 is 1.31 bits per heavy atom. The molecule has 1 atom stereocenters. The number of amides is 2. The van der Waals surface area contributed by atoms with Crippen LogP contribution in [0.5, 0.6) is 0 Å². The lowest BCUT2D eigenvalue weighted by Gasteiger charge is -2.16. The largest absolute Gasteiger partial charge is 0.441 e. The van der Waals surface area contributed by atoms with Gasteiger partial charge in [-0.3, -0.25) is 9.59 Å². The molecule has 0 radical (unpaired) electrons. The SMILES string of the molecule is Cc1nc2cc(N3C[C@@H](C(=O)Nc4cccc(Br)c4)CC3=O)ccc2o1. The van der Waals surface area contributed by atoms with Gasteiger partial charge in [0.15, 0.2) is 11.5 Å². The van der Waals surface area contributed by atoms with Gasteiger partial charge in [0.2, 0.25) is 11.8 Å². The highest BCUT2D eigenvalue weighted by molar-refractivity contribution is 9.10. The molecular formula is C19H16BrN3O3. The Morgan fingerprint density at radius 2 is 2.15 bits per heavy atom. The summed E-state index contributed by atoms with van der Waals surface area (Å²) < 4.78 is 6.35. The van der Waals surface area contributed by atoms with Crippen molar-refractivity contribution in [3.63, 3.8) is 0 Å². The molecule has 0 spiro atoms. The minimum atomic E-state index is -0.392. The maximum absolute atomic E-state index is 12.5. The number of carbonyl (C=O) groups is 2. The van der Waals surface area contributed by atoms with Gasteiger partial charge in [-0.25, -0.2) is 4.98 Å². The average molecular weight is 414 g/mol. The molecular weight excluding hydrogens is 398 g/mol. The number of nitrogens with one attached hydrogen (secondary N) is 1. The first-order chi connectivity index (χ1) is 12.5. The third kappa shape index (κ3) is 3.22. The van der Waals surface area contributed by atoms with Gasteiger partial charge in [0.05, 0.1) is 5.92 Å². The smallest absolute Gasteiger partial charge is 0.229 e. The lowest BCUT2D eigenvalue weighted by Crippen LogP contribution is -2.28. The van der Waals surface area contributed by atoms with E-state index in [0.29, 0.717) is 29.2 Å². The molecule has 6 nitrogen and oxygen atoms in total. The highest BCUT2D eigenvalue weighted by Crippen LogP contribution is 2.29. The van der Waals surface area contributed by atoms with Crippen LogP contribution in [0.3, 0.4) is 0 Å². The summed E-state index contributed by atoms with van der Waals surface area (Å²) in [6, 6.07) is 12.8. The summed E-state index contributed by atoms with van der Waals surface area (Å²) in [4.78, 5) is 30.9. The lowest BCUT2D eigenvalue weighted by molar-refractivity contribution is -0.122. The maximum Gasteiger partial charge on any atom is 0.229 e. The van der Waals surface area contributed by atoms with E-state index >= 15 is 0 Å². The average Bonchev–Trinajstić information content (AvgIpc) is 3.16. The molecule has 2 amide bonds. The predicted molar refractivity (Wildman–Crippen MR) is 102 cm³/mol.